The molecule has 0 aromatic rings. The van der Waals surface area contributed by atoms with Gasteiger partial charge in [0.05, 0.1) is 18.8 Å². The van der Waals surface area contributed by atoms with Gasteiger partial charge in [-0.05, 0) is 98.9 Å². The van der Waals surface area contributed by atoms with Crippen molar-refractivity contribution >= 4 is 5.97 Å². The Morgan fingerprint density at radius 2 is 1.83 bits per heavy atom. The van der Waals surface area contributed by atoms with E-state index in [1.165, 1.54) is 12.0 Å². The first-order chi connectivity index (χ1) is 16.8. The van der Waals surface area contributed by atoms with Gasteiger partial charge in [-0.15, -0.1) is 0 Å². The van der Waals surface area contributed by atoms with E-state index in [0.29, 0.717) is 50.1 Å². The first-order valence-electron chi connectivity index (χ1n) is 14.1. The number of aliphatic hydroxyl groups excluding tert-OH is 1. The first kappa shape index (κ1) is 25.7. The molecular formula is C29H46O6. The molecule has 4 saturated carbocycles. The van der Waals surface area contributed by atoms with Gasteiger partial charge in [0.25, 0.3) is 0 Å². The average molecular weight is 491 g/mol. The number of carbonyl (C=O) groups excluding carboxylic acids is 1. The fourth-order valence-electron chi connectivity index (χ4n) is 9.63. The molecule has 0 saturated heterocycles. The standard InChI is InChI=1S/C29H46O6/c1-5-32-17-29-12-10-22(19-13-26(31)34-16-19)27(29,3)11-9-23-24(29)8-7-20-14-21(35-18-33-6-2)15-25(30)28(20,23)4/h13,20-25,30H,5-12,14-18H2,1-4H3/t20-,21-,22-,23+,24-,25?,27-,28+,29?/m1/s1. The third kappa shape index (κ3) is 3.93. The van der Waals surface area contributed by atoms with Gasteiger partial charge in [0, 0.05) is 31.1 Å². The minimum atomic E-state index is -0.352. The van der Waals surface area contributed by atoms with Crippen molar-refractivity contribution in [2.24, 2.45) is 39.9 Å². The quantitative estimate of drug-likeness (QED) is 0.297. The van der Waals surface area contributed by atoms with Crippen molar-refractivity contribution in [3.8, 4) is 0 Å². The van der Waals surface area contributed by atoms with E-state index in [0.717, 1.165) is 51.7 Å². The van der Waals surface area contributed by atoms with Crippen molar-refractivity contribution in [1.29, 1.82) is 0 Å². The van der Waals surface area contributed by atoms with Gasteiger partial charge in [-0.1, -0.05) is 13.8 Å². The van der Waals surface area contributed by atoms with E-state index >= 15 is 0 Å². The predicted molar refractivity (Wildman–Crippen MR) is 132 cm³/mol. The summed E-state index contributed by atoms with van der Waals surface area (Å²) in [5.41, 5.74) is 1.29. The Morgan fingerprint density at radius 3 is 2.54 bits per heavy atom. The van der Waals surface area contributed by atoms with E-state index in [1.54, 1.807) is 6.08 Å². The van der Waals surface area contributed by atoms with Gasteiger partial charge in [-0.3, -0.25) is 0 Å². The lowest BCUT2D eigenvalue weighted by Gasteiger charge is -2.66. The van der Waals surface area contributed by atoms with Crippen LogP contribution in [-0.4, -0.2) is 56.5 Å². The number of cyclic esters (lactones) is 1. The molecule has 5 rings (SSSR count). The van der Waals surface area contributed by atoms with Crippen LogP contribution in [0.5, 0.6) is 0 Å². The van der Waals surface area contributed by atoms with E-state index in [9.17, 15) is 9.90 Å². The first-order valence-corrected chi connectivity index (χ1v) is 14.1. The topological polar surface area (TPSA) is 74.2 Å². The lowest BCUT2D eigenvalue weighted by Crippen LogP contribution is -2.63. The van der Waals surface area contributed by atoms with Crippen LogP contribution in [0.15, 0.2) is 11.6 Å². The van der Waals surface area contributed by atoms with Crippen molar-refractivity contribution in [2.45, 2.75) is 91.3 Å². The summed E-state index contributed by atoms with van der Waals surface area (Å²) in [6.07, 6.45) is 10.1. The molecular weight excluding hydrogens is 444 g/mol. The van der Waals surface area contributed by atoms with Crippen LogP contribution >= 0.6 is 0 Å². The van der Waals surface area contributed by atoms with Crippen LogP contribution in [0.2, 0.25) is 0 Å². The molecule has 198 valence electrons. The van der Waals surface area contributed by atoms with E-state index in [2.05, 4.69) is 20.8 Å². The Bertz CT molecular complexity index is 826. The normalized spacial score (nSPS) is 47.0. The maximum atomic E-state index is 11.9. The van der Waals surface area contributed by atoms with Crippen molar-refractivity contribution in [1.82, 2.24) is 0 Å². The van der Waals surface area contributed by atoms with Gasteiger partial charge in [0.1, 0.15) is 13.4 Å². The lowest BCUT2D eigenvalue weighted by molar-refractivity contribution is -0.225. The molecule has 0 bridgehead atoms. The van der Waals surface area contributed by atoms with Crippen LogP contribution in [0.1, 0.15) is 79.1 Å². The highest BCUT2D eigenvalue weighted by molar-refractivity contribution is 5.85. The minimum absolute atomic E-state index is 0.0824. The zero-order chi connectivity index (χ0) is 24.8. The zero-order valence-corrected chi connectivity index (χ0v) is 22.2. The van der Waals surface area contributed by atoms with Crippen LogP contribution in [0, 0.1) is 39.9 Å². The molecule has 1 N–H and O–H groups in total. The molecule has 4 aliphatic carbocycles. The second-order valence-electron chi connectivity index (χ2n) is 12.4. The molecule has 6 heteroatoms. The molecule has 35 heavy (non-hydrogen) atoms. The van der Waals surface area contributed by atoms with E-state index in [1.807, 2.05) is 6.92 Å². The molecule has 4 fully saturated rings. The molecule has 0 spiro atoms. The zero-order valence-electron chi connectivity index (χ0n) is 22.2. The maximum absolute atomic E-state index is 11.9. The van der Waals surface area contributed by atoms with Crippen LogP contribution in [0.4, 0.5) is 0 Å². The molecule has 0 amide bonds. The fraction of sp³-hybridized carbons (Fsp3) is 0.897. The smallest absolute Gasteiger partial charge is 0.331 e. The molecule has 2 unspecified atom stereocenters. The Labute approximate surface area is 211 Å². The van der Waals surface area contributed by atoms with Crippen LogP contribution < -0.4 is 0 Å². The van der Waals surface area contributed by atoms with Crippen molar-refractivity contribution in [3.05, 3.63) is 11.6 Å². The van der Waals surface area contributed by atoms with Gasteiger partial charge in [-0.25, -0.2) is 4.79 Å². The Hall–Kier alpha value is -0.950. The number of aliphatic hydroxyl groups is 1. The summed E-state index contributed by atoms with van der Waals surface area (Å²) in [5.74, 6) is 1.71. The monoisotopic (exact) mass is 490 g/mol. The fourth-order valence-corrected chi connectivity index (χ4v) is 9.63. The second-order valence-corrected chi connectivity index (χ2v) is 12.4. The second kappa shape index (κ2) is 9.74. The SMILES string of the molecule is CCOCO[C@H]1CC(O)[C@@]2(C)[C@H](CC[C@@H]3[C@@H]2CC[C@]2(C)[C@@H](C4=CC(=O)OC4)CCC32COCC)C1. The van der Waals surface area contributed by atoms with Gasteiger partial charge in [0.15, 0.2) is 0 Å². The van der Waals surface area contributed by atoms with Crippen molar-refractivity contribution < 1.29 is 28.8 Å². The molecule has 0 aromatic carbocycles. The summed E-state index contributed by atoms with van der Waals surface area (Å²) in [4.78, 5) is 11.9. The summed E-state index contributed by atoms with van der Waals surface area (Å²) in [6.45, 7) is 11.9. The number of hydrogen-bond acceptors (Lipinski definition) is 6. The summed E-state index contributed by atoms with van der Waals surface area (Å²) in [5, 5.41) is 11.6. The molecule has 6 nitrogen and oxygen atoms in total. The maximum Gasteiger partial charge on any atom is 0.331 e. The summed E-state index contributed by atoms with van der Waals surface area (Å²) in [6, 6.07) is 0. The van der Waals surface area contributed by atoms with Gasteiger partial charge < -0.3 is 24.1 Å². The number of esters is 1. The van der Waals surface area contributed by atoms with E-state index in [-0.39, 0.29) is 34.4 Å². The van der Waals surface area contributed by atoms with Crippen LogP contribution in [-0.2, 0) is 23.7 Å². The number of ether oxygens (including phenoxy) is 4. The van der Waals surface area contributed by atoms with Crippen molar-refractivity contribution in [2.75, 3.05) is 33.2 Å². The summed E-state index contributed by atoms with van der Waals surface area (Å²) >= 11 is 0. The third-order valence-electron chi connectivity index (χ3n) is 11.5. The largest absolute Gasteiger partial charge is 0.458 e. The number of carbonyl (C=O) groups is 1. The number of rotatable bonds is 8. The average Bonchev–Trinajstić information content (AvgIpc) is 3.39. The Balaban J connectivity index is 1.43. The highest BCUT2D eigenvalue weighted by Crippen LogP contribution is 2.73. The van der Waals surface area contributed by atoms with E-state index in [4.69, 9.17) is 18.9 Å². The Kier molecular flexibility index (Phi) is 7.15. The van der Waals surface area contributed by atoms with Crippen LogP contribution in [0.3, 0.4) is 0 Å². The predicted octanol–water partition coefficient (Wildman–Crippen LogP) is 4.89. The van der Waals surface area contributed by atoms with Crippen LogP contribution in [0.25, 0.3) is 0 Å². The van der Waals surface area contributed by atoms with Gasteiger partial charge in [-0.2, -0.15) is 0 Å². The molecule has 0 aromatic heterocycles. The summed E-state index contributed by atoms with van der Waals surface area (Å²) in [7, 11) is 0. The summed E-state index contributed by atoms with van der Waals surface area (Å²) < 4.78 is 23.1. The molecule has 5 aliphatic rings. The molecule has 1 heterocycles. The molecule has 0 radical (unpaired) electrons. The van der Waals surface area contributed by atoms with Crippen molar-refractivity contribution in [3.63, 3.8) is 0 Å². The highest BCUT2D eigenvalue weighted by atomic mass is 16.7. The minimum Gasteiger partial charge on any atom is -0.458 e. The van der Waals surface area contributed by atoms with Gasteiger partial charge in [0.2, 0.25) is 0 Å². The lowest BCUT2D eigenvalue weighted by atomic mass is 9.39. The number of hydrogen-bond donors (Lipinski definition) is 1. The van der Waals surface area contributed by atoms with Gasteiger partial charge >= 0.3 is 5.97 Å². The molecule has 1 aliphatic heterocycles. The third-order valence-corrected chi connectivity index (χ3v) is 11.5. The molecule has 9 atom stereocenters. The Morgan fingerprint density at radius 1 is 1.03 bits per heavy atom. The highest BCUT2D eigenvalue weighted by Gasteiger charge is 2.69. The van der Waals surface area contributed by atoms with E-state index < -0.39 is 0 Å². The number of fused-ring (bicyclic) bond motifs is 5.